The van der Waals surface area contributed by atoms with Gasteiger partial charge in [0.25, 0.3) is 0 Å². The van der Waals surface area contributed by atoms with Crippen LogP contribution in [-0.4, -0.2) is 27.8 Å². The van der Waals surface area contributed by atoms with Gasteiger partial charge in [0, 0.05) is 34.6 Å². The van der Waals surface area contributed by atoms with E-state index in [1.807, 2.05) is 48.9 Å². The van der Waals surface area contributed by atoms with Gasteiger partial charge >= 0.3 is 5.97 Å². The fourth-order valence-corrected chi connectivity index (χ4v) is 4.25. The van der Waals surface area contributed by atoms with Crippen LogP contribution in [0.4, 0.5) is 4.39 Å². The van der Waals surface area contributed by atoms with Gasteiger partial charge in [-0.15, -0.1) is 0 Å². The van der Waals surface area contributed by atoms with E-state index in [1.165, 1.54) is 13.2 Å². The number of fused-ring (bicyclic) bond motifs is 1. The quantitative estimate of drug-likeness (QED) is 0.306. The molecule has 3 heterocycles. The highest BCUT2D eigenvalue weighted by Crippen LogP contribution is 2.34. The fraction of sp³-hybridized carbons (Fsp3) is 0.148. The lowest BCUT2D eigenvalue weighted by Gasteiger charge is -2.08. The van der Waals surface area contributed by atoms with Crippen molar-refractivity contribution in [1.82, 2.24) is 14.7 Å². The summed E-state index contributed by atoms with van der Waals surface area (Å²) < 4.78 is 26.6. The number of carbonyl (C=O) groups is 1. The van der Waals surface area contributed by atoms with Crippen LogP contribution < -0.4 is 0 Å². The zero-order valence-electron chi connectivity index (χ0n) is 19.0. The number of methoxy groups -OCH3 is 1. The number of hydrogen-bond donors (Lipinski definition) is 0. The van der Waals surface area contributed by atoms with Gasteiger partial charge in [0.15, 0.2) is 0 Å². The molecule has 5 aromatic rings. The molecule has 0 atom stereocenters. The summed E-state index contributed by atoms with van der Waals surface area (Å²) in [5.74, 6) is 0.0587. The minimum absolute atomic E-state index is 0.261. The average Bonchev–Trinajstić information content (AvgIpc) is 3.38. The van der Waals surface area contributed by atoms with E-state index in [0.717, 1.165) is 39.0 Å². The van der Waals surface area contributed by atoms with Crippen molar-refractivity contribution in [2.45, 2.75) is 20.4 Å². The lowest BCUT2D eigenvalue weighted by Crippen LogP contribution is -2.01. The number of rotatable bonds is 5. The Morgan fingerprint density at radius 2 is 1.85 bits per heavy atom. The maximum atomic E-state index is 14.5. The number of nitrogens with zero attached hydrogens (tertiary/aromatic N) is 3. The van der Waals surface area contributed by atoms with E-state index in [4.69, 9.17) is 14.2 Å². The van der Waals surface area contributed by atoms with Gasteiger partial charge in [0.2, 0.25) is 0 Å². The second-order valence-corrected chi connectivity index (χ2v) is 8.12. The smallest absolute Gasteiger partial charge is 0.337 e. The normalized spacial score (nSPS) is 11.2. The predicted molar refractivity (Wildman–Crippen MR) is 127 cm³/mol. The third kappa shape index (κ3) is 3.75. The number of ether oxygens (including phenoxy) is 1. The number of pyridine rings is 1. The Morgan fingerprint density at radius 1 is 1.09 bits per heavy atom. The summed E-state index contributed by atoms with van der Waals surface area (Å²) in [5.41, 5.74) is 7.01. The molecule has 3 aromatic heterocycles. The first-order chi connectivity index (χ1) is 16.5. The first kappa shape index (κ1) is 21.6. The summed E-state index contributed by atoms with van der Waals surface area (Å²) in [7, 11) is 1.35. The molecule has 0 aliphatic heterocycles. The van der Waals surface area contributed by atoms with Crippen molar-refractivity contribution in [3.8, 4) is 22.3 Å². The molecule has 0 N–H and O–H groups in total. The Hall–Kier alpha value is -4.26. The number of esters is 1. The molecular formula is C27H22FN3O3. The number of carbonyl (C=O) groups excluding carboxylic acids is 1. The highest BCUT2D eigenvalue weighted by molar-refractivity contribution is 5.96. The predicted octanol–water partition coefficient (Wildman–Crippen LogP) is 5.95. The Balaban J connectivity index is 1.67. The molecule has 0 saturated carbocycles. The number of hydrogen-bond acceptors (Lipinski definition) is 5. The van der Waals surface area contributed by atoms with E-state index in [9.17, 15) is 9.18 Å². The van der Waals surface area contributed by atoms with Crippen LogP contribution in [0.3, 0.4) is 0 Å². The van der Waals surface area contributed by atoms with Crippen LogP contribution in [0.5, 0.6) is 0 Å². The second kappa shape index (κ2) is 8.59. The van der Waals surface area contributed by atoms with E-state index in [0.29, 0.717) is 23.4 Å². The van der Waals surface area contributed by atoms with Crippen LogP contribution in [0, 0.1) is 19.7 Å². The lowest BCUT2D eigenvalue weighted by molar-refractivity contribution is 0.0600. The van der Waals surface area contributed by atoms with Gasteiger partial charge in [0.05, 0.1) is 35.9 Å². The average molecular weight is 455 g/mol. The Kier molecular flexibility index (Phi) is 5.45. The Labute approximate surface area is 195 Å². The van der Waals surface area contributed by atoms with Gasteiger partial charge in [0.1, 0.15) is 11.6 Å². The number of aromatic nitrogens is 3. The molecular weight excluding hydrogens is 433 g/mol. The van der Waals surface area contributed by atoms with Crippen LogP contribution >= 0.6 is 0 Å². The molecule has 34 heavy (non-hydrogen) atoms. The highest BCUT2D eigenvalue weighted by atomic mass is 19.1. The van der Waals surface area contributed by atoms with Crippen molar-refractivity contribution in [3.05, 3.63) is 95.4 Å². The van der Waals surface area contributed by atoms with Crippen molar-refractivity contribution >= 4 is 17.0 Å². The number of benzene rings is 2. The van der Waals surface area contributed by atoms with Crippen LogP contribution in [0.2, 0.25) is 0 Å². The molecule has 0 saturated heterocycles. The molecule has 2 aromatic carbocycles. The molecule has 0 amide bonds. The van der Waals surface area contributed by atoms with E-state index >= 15 is 0 Å². The number of aryl methyl sites for hydroxylation is 2. The maximum Gasteiger partial charge on any atom is 0.337 e. The fourth-order valence-electron chi connectivity index (χ4n) is 4.25. The molecule has 0 fully saturated rings. The summed E-state index contributed by atoms with van der Waals surface area (Å²) in [6, 6.07) is 15.9. The molecule has 7 heteroatoms. The molecule has 0 spiro atoms. The SMILES string of the molecule is COC(=O)c1ccc(-c2cn(Cc3ccccc3F)c3cc(-c4c(C)noc4C)cnc23)cc1. The van der Waals surface area contributed by atoms with Crippen molar-refractivity contribution in [3.63, 3.8) is 0 Å². The standard InChI is InChI=1S/C27H22FN3O3/c1-16-25(17(2)34-30-16)21-12-24-26(29-13-21)22(18-8-10-19(11-9-18)27(32)33-3)15-31(24)14-20-6-4-5-7-23(20)28/h4-13,15H,14H2,1-3H3. The van der Waals surface area contributed by atoms with Gasteiger partial charge in [-0.05, 0) is 43.7 Å². The van der Waals surface area contributed by atoms with E-state index in [2.05, 4.69) is 5.16 Å². The molecule has 0 bridgehead atoms. The van der Waals surface area contributed by atoms with Crippen LogP contribution in [0.25, 0.3) is 33.3 Å². The molecule has 0 unspecified atom stereocenters. The monoisotopic (exact) mass is 455 g/mol. The Morgan fingerprint density at radius 3 is 2.53 bits per heavy atom. The van der Waals surface area contributed by atoms with Crippen LogP contribution in [-0.2, 0) is 11.3 Å². The van der Waals surface area contributed by atoms with Gasteiger partial charge in [-0.1, -0.05) is 35.5 Å². The maximum absolute atomic E-state index is 14.5. The van der Waals surface area contributed by atoms with Crippen molar-refractivity contribution in [2.24, 2.45) is 0 Å². The summed E-state index contributed by atoms with van der Waals surface area (Å²) >= 11 is 0. The van der Waals surface area contributed by atoms with Crippen LogP contribution in [0.1, 0.15) is 27.4 Å². The molecule has 0 radical (unpaired) electrons. The van der Waals surface area contributed by atoms with E-state index in [1.54, 1.807) is 30.5 Å². The first-order valence-corrected chi connectivity index (χ1v) is 10.8. The van der Waals surface area contributed by atoms with Gasteiger partial charge in [-0.3, -0.25) is 4.98 Å². The molecule has 0 aliphatic carbocycles. The van der Waals surface area contributed by atoms with Crippen molar-refractivity contribution in [1.29, 1.82) is 0 Å². The van der Waals surface area contributed by atoms with E-state index in [-0.39, 0.29) is 5.82 Å². The summed E-state index contributed by atoms with van der Waals surface area (Å²) in [4.78, 5) is 16.6. The largest absolute Gasteiger partial charge is 0.465 e. The lowest BCUT2D eigenvalue weighted by atomic mass is 10.0. The van der Waals surface area contributed by atoms with Crippen LogP contribution in [0.15, 0.2) is 71.5 Å². The van der Waals surface area contributed by atoms with E-state index < -0.39 is 5.97 Å². The molecule has 0 aliphatic rings. The van der Waals surface area contributed by atoms with Gasteiger partial charge in [-0.2, -0.15) is 0 Å². The Bertz CT molecular complexity index is 1500. The minimum Gasteiger partial charge on any atom is -0.465 e. The summed E-state index contributed by atoms with van der Waals surface area (Å²) in [6.07, 6.45) is 3.77. The third-order valence-electron chi connectivity index (χ3n) is 5.95. The van der Waals surface area contributed by atoms with Gasteiger partial charge in [-0.25, -0.2) is 9.18 Å². The van der Waals surface area contributed by atoms with Crippen molar-refractivity contribution < 1.29 is 18.4 Å². The van der Waals surface area contributed by atoms with Gasteiger partial charge < -0.3 is 13.8 Å². The zero-order chi connectivity index (χ0) is 23.8. The topological polar surface area (TPSA) is 70.2 Å². The highest BCUT2D eigenvalue weighted by Gasteiger charge is 2.18. The first-order valence-electron chi connectivity index (χ1n) is 10.8. The second-order valence-electron chi connectivity index (χ2n) is 8.12. The third-order valence-corrected chi connectivity index (χ3v) is 5.95. The molecule has 5 rings (SSSR count). The number of halogens is 1. The molecule has 6 nitrogen and oxygen atoms in total. The zero-order valence-corrected chi connectivity index (χ0v) is 19.0. The summed E-state index contributed by atoms with van der Waals surface area (Å²) in [5, 5.41) is 4.06. The molecule has 170 valence electrons. The summed E-state index contributed by atoms with van der Waals surface area (Å²) in [6.45, 7) is 4.10. The van der Waals surface area contributed by atoms with Crippen molar-refractivity contribution in [2.75, 3.05) is 7.11 Å². The minimum atomic E-state index is -0.393.